The van der Waals surface area contributed by atoms with E-state index in [2.05, 4.69) is 28.7 Å². The molecule has 0 saturated heterocycles. The van der Waals surface area contributed by atoms with Gasteiger partial charge >= 0.3 is 0 Å². The minimum atomic E-state index is 0.193. The first-order valence-electron chi connectivity index (χ1n) is 5.30. The summed E-state index contributed by atoms with van der Waals surface area (Å²) in [5.74, 6) is 0.193. The lowest BCUT2D eigenvalue weighted by molar-refractivity contribution is 0.472. The molecule has 0 amide bonds. The Morgan fingerprint density at radius 3 is 2.53 bits per heavy atom. The van der Waals surface area contributed by atoms with Crippen LogP contribution in [-0.4, -0.2) is 16.3 Å². The van der Waals surface area contributed by atoms with E-state index >= 15 is 0 Å². The van der Waals surface area contributed by atoms with E-state index in [1.54, 1.807) is 23.9 Å². The van der Waals surface area contributed by atoms with Crippen molar-refractivity contribution in [3.8, 4) is 5.75 Å². The van der Waals surface area contributed by atoms with E-state index < -0.39 is 0 Å². The number of aromatic nitrogens is 1. The molecule has 1 heterocycles. The molecule has 0 aliphatic rings. The van der Waals surface area contributed by atoms with Crippen LogP contribution in [0.3, 0.4) is 0 Å². The van der Waals surface area contributed by atoms with Crippen LogP contribution in [0, 0.1) is 0 Å². The van der Waals surface area contributed by atoms with E-state index in [1.165, 1.54) is 11.1 Å². The third-order valence-electron chi connectivity index (χ3n) is 2.37. The van der Waals surface area contributed by atoms with Crippen LogP contribution in [0.2, 0.25) is 0 Å². The molecule has 0 unspecified atom stereocenters. The highest BCUT2D eigenvalue weighted by atomic mass is 32.2. The summed E-state index contributed by atoms with van der Waals surface area (Å²) in [7, 11) is 0. The fourth-order valence-corrected chi connectivity index (χ4v) is 1.83. The fraction of sp³-hybridized carbons (Fsp3) is 0.154. The van der Waals surface area contributed by atoms with Crippen LogP contribution in [0.15, 0.2) is 47.5 Å². The van der Waals surface area contributed by atoms with Gasteiger partial charge in [0.25, 0.3) is 0 Å². The van der Waals surface area contributed by atoms with Crippen LogP contribution in [0.1, 0.15) is 5.69 Å². The number of nitrogens with one attached hydrogen (secondary N) is 1. The van der Waals surface area contributed by atoms with Crippen molar-refractivity contribution in [2.45, 2.75) is 11.4 Å². The van der Waals surface area contributed by atoms with Crippen LogP contribution in [0.25, 0.3) is 0 Å². The summed E-state index contributed by atoms with van der Waals surface area (Å²) in [6.45, 7) is 0.652. The predicted molar refractivity (Wildman–Crippen MR) is 71.5 cm³/mol. The van der Waals surface area contributed by atoms with Crippen molar-refractivity contribution < 1.29 is 5.11 Å². The average molecular weight is 246 g/mol. The van der Waals surface area contributed by atoms with Gasteiger partial charge < -0.3 is 10.4 Å². The van der Waals surface area contributed by atoms with Gasteiger partial charge in [-0.25, -0.2) is 0 Å². The molecule has 17 heavy (non-hydrogen) atoms. The Balaban J connectivity index is 1.95. The summed E-state index contributed by atoms with van der Waals surface area (Å²) in [4.78, 5) is 5.36. The van der Waals surface area contributed by atoms with Crippen LogP contribution < -0.4 is 5.32 Å². The molecule has 0 spiro atoms. The van der Waals surface area contributed by atoms with Gasteiger partial charge in [-0.1, -0.05) is 0 Å². The highest BCUT2D eigenvalue weighted by Gasteiger charge is 1.96. The molecule has 1 aromatic carbocycles. The molecule has 1 aromatic heterocycles. The zero-order chi connectivity index (χ0) is 12.1. The van der Waals surface area contributed by atoms with Crippen molar-refractivity contribution in [3.05, 3.63) is 48.3 Å². The monoisotopic (exact) mass is 246 g/mol. The van der Waals surface area contributed by atoms with Gasteiger partial charge in [-0.3, -0.25) is 4.98 Å². The molecule has 2 rings (SSSR count). The quantitative estimate of drug-likeness (QED) is 0.814. The summed E-state index contributed by atoms with van der Waals surface area (Å²) >= 11 is 1.73. The molecule has 0 atom stereocenters. The second-order valence-electron chi connectivity index (χ2n) is 3.59. The maximum absolute atomic E-state index is 9.11. The Kier molecular flexibility index (Phi) is 3.88. The number of hydrogen-bond acceptors (Lipinski definition) is 4. The van der Waals surface area contributed by atoms with E-state index in [0.717, 1.165) is 11.4 Å². The molecular weight excluding hydrogens is 232 g/mol. The minimum absolute atomic E-state index is 0.193. The van der Waals surface area contributed by atoms with E-state index in [-0.39, 0.29) is 5.75 Å². The molecule has 0 fully saturated rings. The Labute approximate surface area is 105 Å². The number of anilines is 1. The molecule has 3 nitrogen and oxygen atoms in total. The number of hydrogen-bond donors (Lipinski definition) is 2. The second-order valence-corrected chi connectivity index (χ2v) is 4.47. The maximum Gasteiger partial charge on any atom is 0.133 e. The normalized spacial score (nSPS) is 10.2. The Morgan fingerprint density at radius 2 is 1.94 bits per heavy atom. The van der Waals surface area contributed by atoms with Crippen molar-refractivity contribution >= 4 is 17.4 Å². The van der Waals surface area contributed by atoms with Crippen molar-refractivity contribution in [1.82, 2.24) is 4.98 Å². The first-order chi connectivity index (χ1) is 8.28. The van der Waals surface area contributed by atoms with Crippen molar-refractivity contribution in [1.29, 1.82) is 0 Å². The number of nitrogens with zero attached hydrogens (tertiary/aromatic N) is 1. The van der Waals surface area contributed by atoms with E-state index in [4.69, 9.17) is 5.11 Å². The van der Waals surface area contributed by atoms with Gasteiger partial charge in [0.05, 0.1) is 18.4 Å². The highest BCUT2D eigenvalue weighted by molar-refractivity contribution is 7.98. The first kappa shape index (κ1) is 11.8. The van der Waals surface area contributed by atoms with Crippen molar-refractivity contribution in [3.63, 3.8) is 0 Å². The topological polar surface area (TPSA) is 45.1 Å². The minimum Gasteiger partial charge on any atom is -0.506 e. The summed E-state index contributed by atoms with van der Waals surface area (Å²) in [5, 5.41) is 12.4. The molecule has 0 saturated carbocycles. The van der Waals surface area contributed by atoms with Crippen molar-refractivity contribution in [2.75, 3.05) is 11.6 Å². The lowest BCUT2D eigenvalue weighted by Gasteiger charge is -2.06. The molecular formula is C13H14N2OS. The van der Waals surface area contributed by atoms with E-state index in [9.17, 15) is 0 Å². The second kappa shape index (κ2) is 5.59. The zero-order valence-corrected chi connectivity index (χ0v) is 10.4. The summed E-state index contributed by atoms with van der Waals surface area (Å²) in [5.41, 5.74) is 1.97. The summed E-state index contributed by atoms with van der Waals surface area (Å²) in [6.07, 6.45) is 3.51. The number of rotatable bonds is 4. The Bertz CT molecular complexity index is 468. The zero-order valence-electron chi connectivity index (χ0n) is 9.55. The van der Waals surface area contributed by atoms with Gasteiger partial charge in [0.2, 0.25) is 0 Å². The Morgan fingerprint density at radius 1 is 1.18 bits per heavy atom. The molecule has 4 heteroatoms. The standard InChI is InChI=1S/C13H14N2OS/c1-17-13-6-3-10(4-7-13)14-8-11-2-5-12(16)9-15-11/h2-7,9,14,16H,8H2,1H3. The van der Waals surface area contributed by atoms with Gasteiger partial charge in [0, 0.05) is 10.6 Å². The number of aromatic hydroxyl groups is 1. The number of pyridine rings is 1. The smallest absolute Gasteiger partial charge is 0.133 e. The molecule has 0 aliphatic heterocycles. The van der Waals surface area contributed by atoms with Crippen LogP contribution >= 0.6 is 11.8 Å². The lowest BCUT2D eigenvalue weighted by atomic mass is 10.3. The third-order valence-corrected chi connectivity index (χ3v) is 3.12. The SMILES string of the molecule is CSc1ccc(NCc2ccc(O)cn2)cc1. The molecule has 0 bridgehead atoms. The molecule has 88 valence electrons. The van der Waals surface area contributed by atoms with Crippen LogP contribution in [-0.2, 0) is 6.54 Å². The number of thioether (sulfide) groups is 1. The average Bonchev–Trinajstić information content (AvgIpc) is 2.39. The van der Waals surface area contributed by atoms with Gasteiger partial charge in [-0.15, -0.1) is 11.8 Å². The van der Waals surface area contributed by atoms with Gasteiger partial charge in [-0.2, -0.15) is 0 Å². The van der Waals surface area contributed by atoms with Gasteiger partial charge in [0.1, 0.15) is 5.75 Å². The summed E-state index contributed by atoms with van der Waals surface area (Å²) in [6, 6.07) is 11.7. The largest absolute Gasteiger partial charge is 0.506 e. The number of benzene rings is 1. The van der Waals surface area contributed by atoms with Crippen LogP contribution in [0.4, 0.5) is 5.69 Å². The van der Waals surface area contributed by atoms with Crippen LogP contribution in [0.5, 0.6) is 5.75 Å². The van der Waals surface area contributed by atoms with E-state index in [0.29, 0.717) is 6.54 Å². The molecule has 0 radical (unpaired) electrons. The lowest BCUT2D eigenvalue weighted by Crippen LogP contribution is -2.00. The van der Waals surface area contributed by atoms with Gasteiger partial charge in [-0.05, 0) is 42.7 Å². The third kappa shape index (κ3) is 3.39. The predicted octanol–water partition coefficient (Wildman–Crippen LogP) is 3.12. The first-order valence-corrected chi connectivity index (χ1v) is 6.52. The maximum atomic E-state index is 9.11. The van der Waals surface area contributed by atoms with Gasteiger partial charge in [0.15, 0.2) is 0 Å². The summed E-state index contributed by atoms with van der Waals surface area (Å²) < 4.78 is 0. The van der Waals surface area contributed by atoms with Crippen molar-refractivity contribution in [2.24, 2.45) is 0 Å². The molecule has 2 aromatic rings. The highest BCUT2D eigenvalue weighted by Crippen LogP contribution is 2.17. The molecule has 0 aliphatic carbocycles. The van der Waals surface area contributed by atoms with E-state index in [1.807, 2.05) is 12.1 Å². The fourth-order valence-electron chi connectivity index (χ4n) is 1.42. The molecule has 2 N–H and O–H groups in total. The Hall–Kier alpha value is -1.68.